The summed E-state index contributed by atoms with van der Waals surface area (Å²) < 4.78 is 30.8. The Morgan fingerprint density at radius 3 is 2.36 bits per heavy atom. The van der Waals surface area contributed by atoms with Crippen LogP contribution in [0.25, 0.3) is 17.2 Å². The van der Waals surface area contributed by atoms with E-state index in [0.29, 0.717) is 17.1 Å². The second kappa shape index (κ2) is 14.5. The first-order valence-electron chi connectivity index (χ1n) is 13.1. The molecule has 0 saturated carbocycles. The number of hydrogen-bond acceptors (Lipinski definition) is 6. The number of ether oxygens (including phenoxy) is 3. The molecule has 208 valence electrons. The molecule has 0 radical (unpaired) electrons. The summed E-state index contributed by atoms with van der Waals surface area (Å²) in [5, 5.41) is 20.9. The van der Waals surface area contributed by atoms with E-state index >= 15 is 0 Å². The van der Waals surface area contributed by atoms with Gasteiger partial charge in [0.1, 0.15) is 12.4 Å². The molecule has 0 aliphatic rings. The number of carbonyl (C=O) groups excluding carboxylic acids is 1. The minimum absolute atomic E-state index is 0.0360. The average molecular weight is 537 g/mol. The van der Waals surface area contributed by atoms with E-state index in [1.165, 1.54) is 12.1 Å². The fourth-order valence-corrected chi connectivity index (χ4v) is 4.32. The Kier molecular flexibility index (Phi) is 11.1. The highest BCUT2D eigenvalue weighted by molar-refractivity contribution is 5.85. The van der Waals surface area contributed by atoms with E-state index in [1.54, 1.807) is 38.3 Å². The highest BCUT2D eigenvalue weighted by atomic mass is 19.1. The normalized spacial score (nSPS) is 12.9. The zero-order chi connectivity index (χ0) is 28.4. The summed E-state index contributed by atoms with van der Waals surface area (Å²) in [5.41, 5.74) is 4.11. The smallest absolute Gasteiger partial charge is 0.308 e. The van der Waals surface area contributed by atoms with Gasteiger partial charge in [0.2, 0.25) is 0 Å². The Bertz CT molecular complexity index is 1240. The lowest BCUT2D eigenvalue weighted by Gasteiger charge is -2.23. The lowest BCUT2D eigenvalue weighted by atomic mass is 9.88. The van der Waals surface area contributed by atoms with Gasteiger partial charge in [-0.3, -0.25) is 4.79 Å². The topological polar surface area (TPSA) is 85.2 Å². The van der Waals surface area contributed by atoms with Gasteiger partial charge in [0, 0.05) is 12.0 Å². The molecule has 7 heteroatoms. The number of aliphatic hydroxyl groups is 2. The Hall–Kier alpha value is -3.68. The fraction of sp³-hybridized carbons (Fsp3) is 0.344. The van der Waals surface area contributed by atoms with Crippen molar-refractivity contribution in [3.05, 3.63) is 89.2 Å². The van der Waals surface area contributed by atoms with Crippen molar-refractivity contribution in [2.24, 2.45) is 0 Å². The van der Waals surface area contributed by atoms with Crippen LogP contribution in [-0.4, -0.2) is 42.1 Å². The van der Waals surface area contributed by atoms with E-state index in [0.717, 1.165) is 22.3 Å². The van der Waals surface area contributed by atoms with E-state index in [4.69, 9.17) is 14.2 Å². The zero-order valence-corrected chi connectivity index (χ0v) is 22.9. The third-order valence-corrected chi connectivity index (χ3v) is 6.22. The van der Waals surface area contributed by atoms with Gasteiger partial charge in [0.05, 0.1) is 32.3 Å². The molecular formula is C32H37FO6. The number of hydrogen-bond donors (Lipinski definition) is 2. The number of aliphatic hydroxyl groups excluding tert-OH is 2. The summed E-state index contributed by atoms with van der Waals surface area (Å²) in [7, 11) is 1.58. The molecular weight excluding hydrogens is 499 g/mol. The van der Waals surface area contributed by atoms with Crippen molar-refractivity contribution in [3.63, 3.8) is 0 Å². The van der Waals surface area contributed by atoms with Crippen molar-refractivity contribution >= 4 is 12.0 Å². The third-order valence-electron chi connectivity index (χ3n) is 6.22. The first-order valence-corrected chi connectivity index (χ1v) is 13.1. The molecule has 0 aliphatic carbocycles. The lowest BCUT2D eigenvalue weighted by molar-refractivity contribution is -0.145. The van der Waals surface area contributed by atoms with Crippen LogP contribution in [0.2, 0.25) is 0 Å². The van der Waals surface area contributed by atoms with E-state index in [9.17, 15) is 19.4 Å². The molecule has 0 spiro atoms. The number of esters is 1. The Labute approximate surface area is 229 Å². The van der Waals surface area contributed by atoms with Crippen molar-refractivity contribution in [2.75, 3.05) is 13.7 Å². The summed E-state index contributed by atoms with van der Waals surface area (Å²) in [4.78, 5) is 11.7. The molecule has 0 amide bonds. The average Bonchev–Trinajstić information content (AvgIpc) is 2.91. The van der Waals surface area contributed by atoms with Crippen LogP contribution in [0.15, 0.2) is 66.7 Å². The summed E-state index contributed by atoms with van der Waals surface area (Å²) in [6.07, 6.45) is 1.06. The van der Waals surface area contributed by atoms with Crippen LogP contribution in [0.3, 0.4) is 0 Å². The first-order chi connectivity index (χ1) is 18.7. The van der Waals surface area contributed by atoms with Crippen LogP contribution in [0.5, 0.6) is 11.5 Å². The number of benzene rings is 3. The monoisotopic (exact) mass is 536 g/mol. The number of rotatable bonds is 13. The van der Waals surface area contributed by atoms with Crippen molar-refractivity contribution in [1.82, 2.24) is 0 Å². The molecule has 3 rings (SSSR count). The van der Waals surface area contributed by atoms with Gasteiger partial charge in [-0.1, -0.05) is 68.5 Å². The minimum atomic E-state index is -1.05. The van der Waals surface area contributed by atoms with E-state index in [2.05, 4.69) is 0 Å². The van der Waals surface area contributed by atoms with Gasteiger partial charge in [0.15, 0.2) is 11.5 Å². The van der Waals surface area contributed by atoms with Gasteiger partial charge in [-0.2, -0.15) is 0 Å². The van der Waals surface area contributed by atoms with Gasteiger partial charge in [0.25, 0.3) is 0 Å². The van der Waals surface area contributed by atoms with Crippen molar-refractivity contribution in [2.45, 2.75) is 58.3 Å². The van der Waals surface area contributed by atoms with Crippen LogP contribution in [-0.2, 0) is 16.1 Å². The summed E-state index contributed by atoms with van der Waals surface area (Å²) in [6.45, 7) is 6.30. The predicted octanol–water partition coefficient (Wildman–Crippen LogP) is 6.28. The largest absolute Gasteiger partial charge is 0.493 e. The zero-order valence-electron chi connectivity index (χ0n) is 22.9. The standard InChI is InChI=1S/C32H37FO6/c1-5-38-30(36)18-26(35)17-25(34)15-16-27-28(21(2)3)19-29(37-4)32(39-20-22-9-7-6-8-10-22)31(27)23-11-13-24(33)14-12-23/h6-16,19,21,25-26,34-35H,5,17-18,20H2,1-4H3/b16-15+. The second-order valence-electron chi connectivity index (χ2n) is 9.55. The Morgan fingerprint density at radius 1 is 1.05 bits per heavy atom. The van der Waals surface area contributed by atoms with Crippen molar-refractivity contribution in [3.8, 4) is 22.6 Å². The maximum absolute atomic E-state index is 13.9. The number of methoxy groups -OCH3 is 1. The first kappa shape index (κ1) is 29.9. The summed E-state index contributed by atoms with van der Waals surface area (Å²) >= 11 is 0. The van der Waals surface area contributed by atoms with E-state index in [1.807, 2.05) is 50.2 Å². The summed E-state index contributed by atoms with van der Waals surface area (Å²) in [6, 6.07) is 17.8. The highest BCUT2D eigenvalue weighted by Crippen LogP contribution is 2.45. The molecule has 0 aliphatic heterocycles. The molecule has 2 atom stereocenters. The number of halogens is 1. The molecule has 39 heavy (non-hydrogen) atoms. The van der Waals surface area contributed by atoms with Crippen LogP contribution in [0, 0.1) is 5.82 Å². The molecule has 3 aromatic carbocycles. The van der Waals surface area contributed by atoms with Gasteiger partial charge in [-0.25, -0.2) is 4.39 Å². The Morgan fingerprint density at radius 2 is 1.74 bits per heavy atom. The van der Waals surface area contributed by atoms with Crippen molar-refractivity contribution < 1.29 is 33.6 Å². The minimum Gasteiger partial charge on any atom is -0.493 e. The molecule has 0 aromatic heterocycles. The molecule has 0 bridgehead atoms. The third kappa shape index (κ3) is 8.40. The molecule has 0 fully saturated rings. The van der Waals surface area contributed by atoms with E-state index < -0.39 is 18.2 Å². The Balaban J connectivity index is 2.06. The van der Waals surface area contributed by atoms with E-state index in [-0.39, 0.29) is 37.8 Å². The van der Waals surface area contributed by atoms with Crippen molar-refractivity contribution in [1.29, 1.82) is 0 Å². The molecule has 2 unspecified atom stereocenters. The summed E-state index contributed by atoms with van der Waals surface area (Å²) in [5.74, 6) is 0.232. The van der Waals surface area contributed by atoms with Crippen LogP contribution in [0.1, 0.15) is 56.2 Å². The van der Waals surface area contributed by atoms with Crippen LogP contribution < -0.4 is 9.47 Å². The van der Waals surface area contributed by atoms with Crippen LogP contribution in [0.4, 0.5) is 4.39 Å². The molecule has 0 heterocycles. The lowest BCUT2D eigenvalue weighted by Crippen LogP contribution is -2.20. The van der Waals surface area contributed by atoms with Gasteiger partial charge in [-0.05, 0) is 53.3 Å². The number of carbonyl (C=O) groups is 1. The molecule has 6 nitrogen and oxygen atoms in total. The maximum atomic E-state index is 13.9. The molecule has 0 saturated heterocycles. The van der Waals surface area contributed by atoms with Gasteiger partial charge in [-0.15, -0.1) is 0 Å². The molecule has 2 N–H and O–H groups in total. The fourth-order valence-electron chi connectivity index (χ4n) is 4.32. The quantitative estimate of drug-likeness (QED) is 0.250. The second-order valence-corrected chi connectivity index (χ2v) is 9.55. The van der Waals surface area contributed by atoms with Gasteiger partial charge >= 0.3 is 5.97 Å². The van der Waals surface area contributed by atoms with Gasteiger partial charge < -0.3 is 24.4 Å². The highest BCUT2D eigenvalue weighted by Gasteiger charge is 2.23. The molecule has 3 aromatic rings. The van der Waals surface area contributed by atoms with Crippen LogP contribution >= 0.6 is 0 Å². The predicted molar refractivity (Wildman–Crippen MR) is 150 cm³/mol. The SMILES string of the molecule is CCOC(=O)CC(O)CC(O)/C=C/c1c(C(C)C)cc(OC)c(OCc2ccccc2)c1-c1ccc(F)cc1. The maximum Gasteiger partial charge on any atom is 0.308 e.